The summed E-state index contributed by atoms with van der Waals surface area (Å²) >= 11 is 0. The number of fused-ring (bicyclic) bond motifs is 1. The molecule has 0 radical (unpaired) electrons. The van der Waals surface area contributed by atoms with Crippen molar-refractivity contribution >= 4 is 5.91 Å². The minimum Gasteiger partial charge on any atom is -0.497 e. The fourth-order valence-electron chi connectivity index (χ4n) is 3.72. The summed E-state index contributed by atoms with van der Waals surface area (Å²) in [5.41, 5.74) is 2.61. The van der Waals surface area contributed by atoms with Gasteiger partial charge in [-0.25, -0.2) is 9.97 Å². The van der Waals surface area contributed by atoms with E-state index in [0.717, 1.165) is 42.9 Å². The molecule has 2 aliphatic rings. The molecule has 4 rings (SSSR count). The molecule has 1 amide bonds. The second-order valence-electron chi connectivity index (χ2n) is 6.89. The largest absolute Gasteiger partial charge is 0.497 e. The van der Waals surface area contributed by atoms with Crippen LogP contribution in [0.3, 0.4) is 0 Å². The number of hydrogen-bond donors (Lipinski definition) is 1. The van der Waals surface area contributed by atoms with Gasteiger partial charge in [0.25, 0.3) is 5.91 Å². The zero-order chi connectivity index (χ0) is 18.8. The number of nitrogens with one attached hydrogen (secondary N) is 1. The summed E-state index contributed by atoms with van der Waals surface area (Å²) in [7, 11) is 3.15. The Morgan fingerprint density at radius 1 is 1.30 bits per heavy atom. The maximum absolute atomic E-state index is 13.0. The Hall–Kier alpha value is -2.67. The summed E-state index contributed by atoms with van der Waals surface area (Å²) in [6, 6.07) is 5.52. The maximum Gasteiger partial charge on any atom is 0.257 e. The van der Waals surface area contributed by atoms with Gasteiger partial charge in [-0.1, -0.05) is 0 Å². The first-order valence-corrected chi connectivity index (χ1v) is 9.29. The van der Waals surface area contributed by atoms with E-state index < -0.39 is 0 Å². The predicted octanol–water partition coefficient (Wildman–Crippen LogP) is 2.12. The van der Waals surface area contributed by atoms with Crippen LogP contribution in [0.15, 0.2) is 24.4 Å². The number of benzene rings is 1. The fourth-order valence-corrected chi connectivity index (χ4v) is 3.72. The lowest BCUT2D eigenvalue weighted by atomic mass is 10.0. The molecule has 0 saturated carbocycles. The van der Waals surface area contributed by atoms with Crippen molar-refractivity contribution in [1.29, 1.82) is 0 Å². The third kappa shape index (κ3) is 3.47. The number of nitrogens with zero attached hydrogens (tertiary/aromatic N) is 3. The molecule has 7 heteroatoms. The molecule has 0 spiro atoms. The monoisotopic (exact) mass is 368 g/mol. The summed E-state index contributed by atoms with van der Waals surface area (Å²) < 4.78 is 10.6. The van der Waals surface area contributed by atoms with Gasteiger partial charge in [-0.15, -0.1) is 0 Å². The lowest BCUT2D eigenvalue weighted by molar-refractivity contribution is 0.0729. The molecule has 2 aliphatic heterocycles. The van der Waals surface area contributed by atoms with E-state index in [2.05, 4.69) is 10.3 Å². The van der Waals surface area contributed by atoms with Crippen molar-refractivity contribution in [2.24, 2.45) is 0 Å². The van der Waals surface area contributed by atoms with Crippen molar-refractivity contribution in [2.75, 3.05) is 27.3 Å². The second kappa shape index (κ2) is 7.52. The van der Waals surface area contributed by atoms with Gasteiger partial charge in [0.15, 0.2) is 0 Å². The lowest BCUT2D eigenvalue weighted by Gasteiger charge is -2.29. The number of aromatic nitrogens is 2. The number of carbonyl (C=O) groups excluding carboxylic acids is 1. The van der Waals surface area contributed by atoms with Crippen LogP contribution in [0, 0.1) is 0 Å². The molecule has 2 aromatic rings. The van der Waals surface area contributed by atoms with Gasteiger partial charge >= 0.3 is 0 Å². The van der Waals surface area contributed by atoms with Crippen LogP contribution in [0.1, 0.15) is 46.3 Å². The van der Waals surface area contributed by atoms with Crippen LogP contribution in [-0.4, -0.2) is 48.1 Å². The van der Waals surface area contributed by atoms with Crippen molar-refractivity contribution in [3.63, 3.8) is 0 Å². The molecule has 27 heavy (non-hydrogen) atoms. The van der Waals surface area contributed by atoms with Gasteiger partial charge in [-0.2, -0.15) is 0 Å². The summed E-state index contributed by atoms with van der Waals surface area (Å²) in [4.78, 5) is 24.2. The lowest BCUT2D eigenvalue weighted by Crippen LogP contribution is -2.37. The average molecular weight is 368 g/mol. The molecule has 1 aromatic heterocycles. The Kier molecular flexibility index (Phi) is 4.94. The number of rotatable bonds is 4. The topological polar surface area (TPSA) is 76.6 Å². The molecule has 1 aromatic carbocycles. The summed E-state index contributed by atoms with van der Waals surface area (Å²) in [5.74, 6) is 2.00. The maximum atomic E-state index is 13.0. The van der Waals surface area contributed by atoms with Crippen LogP contribution in [0.5, 0.6) is 11.5 Å². The highest BCUT2D eigenvalue weighted by molar-refractivity contribution is 5.97. The van der Waals surface area contributed by atoms with E-state index >= 15 is 0 Å². The van der Waals surface area contributed by atoms with Crippen molar-refractivity contribution < 1.29 is 14.3 Å². The molecule has 0 unspecified atom stereocenters. The zero-order valence-electron chi connectivity index (χ0n) is 15.7. The van der Waals surface area contributed by atoms with Crippen LogP contribution >= 0.6 is 0 Å². The first-order chi connectivity index (χ1) is 13.2. The third-order valence-electron chi connectivity index (χ3n) is 5.25. The van der Waals surface area contributed by atoms with Gasteiger partial charge in [-0.05, 0) is 31.5 Å². The smallest absolute Gasteiger partial charge is 0.257 e. The summed E-state index contributed by atoms with van der Waals surface area (Å²) in [6.07, 6.45) is 4.86. The van der Waals surface area contributed by atoms with Crippen molar-refractivity contribution in [3.05, 3.63) is 47.0 Å². The highest BCUT2D eigenvalue weighted by Gasteiger charge is 2.27. The number of carbonyl (C=O) groups is 1. The van der Waals surface area contributed by atoms with Gasteiger partial charge in [0.05, 0.1) is 31.5 Å². The highest BCUT2D eigenvalue weighted by Crippen LogP contribution is 2.28. The molecule has 1 atom stereocenters. The molecule has 0 bridgehead atoms. The SMILES string of the molecule is COc1ccc(C(=O)N2CCc3nc([C@@H]4CCCN4)ncc3C2)c(OC)c1. The van der Waals surface area contributed by atoms with Crippen molar-refractivity contribution in [2.45, 2.75) is 31.8 Å². The van der Waals surface area contributed by atoms with E-state index in [-0.39, 0.29) is 11.9 Å². The normalized spacial score (nSPS) is 18.9. The molecule has 1 fully saturated rings. The first kappa shape index (κ1) is 17.7. The minimum absolute atomic E-state index is 0.0540. The standard InChI is InChI=1S/C20H24N4O3/c1-26-14-5-6-15(18(10-14)27-2)20(25)24-9-7-16-13(12-24)11-22-19(23-16)17-4-3-8-21-17/h5-6,10-11,17,21H,3-4,7-9,12H2,1-2H3/t17-/m0/s1. The van der Waals surface area contributed by atoms with Crippen LogP contribution in [-0.2, 0) is 13.0 Å². The van der Waals surface area contributed by atoms with Gasteiger partial charge in [0, 0.05) is 37.3 Å². The highest BCUT2D eigenvalue weighted by atomic mass is 16.5. The molecule has 7 nitrogen and oxygen atoms in total. The van der Waals surface area contributed by atoms with Crippen molar-refractivity contribution in [3.8, 4) is 11.5 Å². The van der Waals surface area contributed by atoms with E-state index in [0.29, 0.717) is 30.2 Å². The van der Waals surface area contributed by atoms with E-state index in [1.165, 1.54) is 0 Å². The Morgan fingerprint density at radius 3 is 2.93 bits per heavy atom. The van der Waals surface area contributed by atoms with E-state index in [9.17, 15) is 4.79 Å². The van der Waals surface area contributed by atoms with Gasteiger partial charge in [-0.3, -0.25) is 4.79 Å². The third-order valence-corrected chi connectivity index (χ3v) is 5.25. The van der Waals surface area contributed by atoms with E-state index in [1.54, 1.807) is 32.4 Å². The molecule has 1 saturated heterocycles. The Balaban J connectivity index is 1.53. The molecule has 0 aliphatic carbocycles. The quantitative estimate of drug-likeness (QED) is 0.891. The molecule has 142 valence electrons. The fraction of sp³-hybridized carbons (Fsp3) is 0.450. The first-order valence-electron chi connectivity index (χ1n) is 9.29. The number of ether oxygens (including phenoxy) is 2. The molecular formula is C20H24N4O3. The summed E-state index contributed by atoms with van der Waals surface area (Å²) in [5, 5.41) is 3.44. The summed E-state index contributed by atoms with van der Waals surface area (Å²) in [6.45, 7) is 2.17. The molecule has 1 N–H and O–H groups in total. The Labute approximate surface area is 158 Å². The predicted molar refractivity (Wildman–Crippen MR) is 100 cm³/mol. The Morgan fingerprint density at radius 2 is 2.19 bits per heavy atom. The second-order valence-corrected chi connectivity index (χ2v) is 6.89. The Bertz CT molecular complexity index is 849. The van der Waals surface area contributed by atoms with Gasteiger partial charge < -0.3 is 19.7 Å². The van der Waals surface area contributed by atoms with Crippen LogP contribution in [0.25, 0.3) is 0 Å². The number of amides is 1. The van der Waals surface area contributed by atoms with Crippen LogP contribution in [0.4, 0.5) is 0 Å². The minimum atomic E-state index is -0.0540. The van der Waals surface area contributed by atoms with E-state index in [4.69, 9.17) is 14.5 Å². The molecule has 3 heterocycles. The van der Waals surface area contributed by atoms with Crippen LogP contribution < -0.4 is 14.8 Å². The zero-order valence-corrected chi connectivity index (χ0v) is 15.7. The van der Waals surface area contributed by atoms with Gasteiger partial charge in [0.2, 0.25) is 0 Å². The molecular weight excluding hydrogens is 344 g/mol. The van der Waals surface area contributed by atoms with Crippen molar-refractivity contribution in [1.82, 2.24) is 20.2 Å². The van der Waals surface area contributed by atoms with Gasteiger partial charge in [0.1, 0.15) is 17.3 Å². The number of methoxy groups -OCH3 is 2. The number of hydrogen-bond acceptors (Lipinski definition) is 6. The van der Waals surface area contributed by atoms with E-state index in [1.807, 2.05) is 11.1 Å². The van der Waals surface area contributed by atoms with Crippen LogP contribution in [0.2, 0.25) is 0 Å². The average Bonchev–Trinajstić information content (AvgIpc) is 3.27.